The van der Waals surface area contributed by atoms with Crippen molar-refractivity contribution in [3.63, 3.8) is 0 Å². The Labute approximate surface area is 146 Å². The lowest BCUT2D eigenvalue weighted by Crippen LogP contribution is -2.23. The number of aromatic nitrogens is 1. The van der Waals surface area contributed by atoms with Crippen LogP contribution in [0.5, 0.6) is 5.88 Å². The van der Waals surface area contributed by atoms with Crippen molar-refractivity contribution < 1.29 is 10.0 Å². The number of halogens is 1. The van der Waals surface area contributed by atoms with Crippen LogP contribution in [-0.2, 0) is 6.54 Å². The lowest BCUT2D eigenvalue weighted by Gasteiger charge is -2.11. The van der Waals surface area contributed by atoms with Crippen molar-refractivity contribution in [2.75, 3.05) is 0 Å². The summed E-state index contributed by atoms with van der Waals surface area (Å²) in [5.41, 5.74) is -1.24. The molecule has 0 aliphatic carbocycles. The summed E-state index contributed by atoms with van der Waals surface area (Å²) in [6.07, 6.45) is 0. The molecule has 2 aromatic rings. The highest BCUT2D eigenvalue weighted by Crippen LogP contribution is 2.35. The van der Waals surface area contributed by atoms with E-state index in [1.807, 2.05) is 0 Å². The first-order chi connectivity index (χ1) is 11.8. The monoisotopic (exact) mass is 361 g/mol. The zero-order chi connectivity index (χ0) is 18.7. The van der Waals surface area contributed by atoms with Crippen LogP contribution in [-0.4, -0.2) is 14.6 Å². The Hall–Kier alpha value is -3.25. The third kappa shape index (κ3) is 3.34. The third-order valence-electron chi connectivity index (χ3n) is 3.48. The topological polar surface area (TPSA) is 134 Å². The summed E-state index contributed by atoms with van der Waals surface area (Å²) in [4.78, 5) is 22.5. The molecule has 25 heavy (non-hydrogen) atoms. The minimum absolute atomic E-state index is 0.0824. The standard InChI is InChI=1S/C15H12ClN5O4/c1-3-20-14(22)10(7-17)8(2)13(15(20)23)19-18-11-5-4-9(16)6-12(11)21(24)25/h4-6,23H,3H2,1-2H3/b19-18+. The van der Waals surface area contributed by atoms with E-state index in [4.69, 9.17) is 16.9 Å². The number of nitrogens with zero attached hydrogens (tertiary/aromatic N) is 5. The number of azo groups is 1. The summed E-state index contributed by atoms with van der Waals surface area (Å²) in [5.74, 6) is -0.468. The van der Waals surface area contributed by atoms with Crippen LogP contribution in [0.3, 0.4) is 0 Å². The first-order valence-electron chi connectivity index (χ1n) is 7.03. The fraction of sp³-hybridized carbons (Fsp3) is 0.200. The SMILES string of the molecule is CCn1c(O)c(/N=N/c2ccc(Cl)cc2[N+](=O)[O-])c(C)c(C#N)c1=O. The molecule has 0 spiro atoms. The van der Waals surface area contributed by atoms with Crippen LogP contribution in [0, 0.1) is 28.4 Å². The molecule has 0 saturated heterocycles. The average molecular weight is 362 g/mol. The number of hydrogen-bond donors (Lipinski definition) is 1. The zero-order valence-electron chi connectivity index (χ0n) is 13.2. The third-order valence-corrected chi connectivity index (χ3v) is 3.71. The van der Waals surface area contributed by atoms with E-state index in [-0.39, 0.29) is 39.8 Å². The second-order valence-electron chi connectivity index (χ2n) is 4.92. The van der Waals surface area contributed by atoms with Gasteiger partial charge in [-0.25, -0.2) is 0 Å². The van der Waals surface area contributed by atoms with Gasteiger partial charge in [0.2, 0.25) is 5.88 Å². The van der Waals surface area contributed by atoms with Crippen LogP contribution < -0.4 is 5.56 Å². The first kappa shape index (κ1) is 18.1. The summed E-state index contributed by atoms with van der Waals surface area (Å²) in [5, 5.41) is 38.2. The van der Waals surface area contributed by atoms with Gasteiger partial charge in [0.15, 0.2) is 11.4 Å². The minimum atomic E-state index is -0.666. The van der Waals surface area contributed by atoms with Gasteiger partial charge in [0, 0.05) is 23.2 Å². The molecule has 128 valence electrons. The number of nitro benzene ring substituents is 1. The van der Waals surface area contributed by atoms with Crippen LogP contribution in [0.4, 0.5) is 17.1 Å². The Balaban J connectivity index is 2.66. The van der Waals surface area contributed by atoms with E-state index in [2.05, 4.69) is 10.2 Å². The van der Waals surface area contributed by atoms with Crippen molar-refractivity contribution >= 4 is 28.7 Å². The maximum atomic E-state index is 12.1. The van der Waals surface area contributed by atoms with Crippen molar-refractivity contribution in [3.05, 3.63) is 54.8 Å². The fourth-order valence-corrected chi connectivity index (χ4v) is 2.35. The van der Waals surface area contributed by atoms with Crippen molar-refractivity contribution in [3.8, 4) is 11.9 Å². The largest absolute Gasteiger partial charge is 0.493 e. The molecule has 0 radical (unpaired) electrons. The van der Waals surface area contributed by atoms with Crippen LogP contribution in [0.25, 0.3) is 0 Å². The van der Waals surface area contributed by atoms with Gasteiger partial charge >= 0.3 is 0 Å². The number of nitro groups is 1. The maximum Gasteiger partial charge on any atom is 0.298 e. The van der Waals surface area contributed by atoms with Gasteiger partial charge in [0.25, 0.3) is 11.2 Å². The quantitative estimate of drug-likeness (QED) is 0.503. The predicted octanol–water partition coefficient (Wildman–Crippen LogP) is 3.73. The minimum Gasteiger partial charge on any atom is -0.493 e. The highest BCUT2D eigenvalue weighted by Gasteiger charge is 2.19. The number of benzene rings is 1. The Morgan fingerprint density at radius 2 is 2.12 bits per heavy atom. The number of hydrogen-bond acceptors (Lipinski definition) is 7. The number of aromatic hydroxyl groups is 1. The average Bonchev–Trinajstić information content (AvgIpc) is 2.56. The van der Waals surface area contributed by atoms with Crippen LogP contribution in [0.2, 0.25) is 5.02 Å². The molecule has 10 heteroatoms. The van der Waals surface area contributed by atoms with Crippen molar-refractivity contribution in [1.82, 2.24) is 4.57 Å². The molecular formula is C15H12ClN5O4. The molecule has 0 amide bonds. The number of nitriles is 1. The molecule has 2 rings (SSSR count). The molecule has 0 bridgehead atoms. The molecule has 1 heterocycles. The summed E-state index contributed by atoms with van der Waals surface area (Å²) < 4.78 is 0.968. The normalized spacial score (nSPS) is 10.8. The van der Waals surface area contributed by atoms with Crippen molar-refractivity contribution in [2.45, 2.75) is 20.4 Å². The lowest BCUT2D eigenvalue weighted by atomic mass is 10.1. The Kier molecular flexibility index (Phi) is 5.14. The Morgan fingerprint density at radius 3 is 2.68 bits per heavy atom. The second-order valence-corrected chi connectivity index (χ2v) is 5.36. The molecule has 0 fully saturated rings. The highest BCUT2D eigenvalue weighted by molar-refractivity contribution is 6.30. The molecule has 1 aromatic heterocycles. The van der Waals surface area contributed by atoms with Crippen LogP contribution >= 0.6 is 11.6 Å². The van der Waals surface area contributed by atoms with E-state index in [9.17, 15) is 20.0 Å². The van der Waals surface area contributed by atoms with Crippen molar-refractivity contribution in [1.29, 1.82) is 5.26 Å². The maximum absolute atomic E-state index is 12.1. The molecule has 0 unspecified atom stereocenters. The number of rotatable bonds is 4. The van der Waals surface area contributed by atoms with Gasteiger partial charge in [-0.05, 0) is 26.0 Å². The molecule has 9 nitrogen and oxygen atoms in total. The second kappa shape index (κ2) is 7.11. The molecule has 0 aliphatic heterocycles. The van der Waals surface area contributed by atoms with E-state index in [1.165, 1.54) is 19.1 Å². The Morgan fingerprint density at radius 1 is 1.44 bits per heavy atom. The molecule has 1 aromatic carbocycles. The molecule has 0 aliphatic rings. The smallest absolute Gasteiger partial charge is 0.298 e. The molecule has 1 N–H and O–H groups in total. The van der Waals surface area contributed by atoms with E-state index in [1.54, 1.807) is 13.0 Å². The van der Waals surface area contributed by atoms with E-state index < -0.39 is 16.4 Å². The van der Waals surface area contributed by atoms with E-state index in [0.29, 0.717) is 0 Å². The van der Waals surface area contributed by atoms with Crippen LogP contribution in [0.15, 0.2) is 33.2 Å². The molecule has 0 atom stereocenters. The lowest BCUT2D eigenvalue weighted by molar-refractivity contribution is -0.384. The van der Waals surface area contributed by atoms with Gasteiger partial charge in [0.05, 0.1) is 4.92 Å². The van der Waals surface area contributed by atoms with Gasteiger partial charge in [-0.3, -0.25) is 19.5 Å². The summed E-state index contributed by atoms with van der Waals surface area (Å²) in [6.45, 7) is 3.16. The predicted molar refractivity (Wildman–Crippen MR) is 89.8 cm³/mol. The Bertz CT molecular complexity index is 991. The van der Waals surface area contributed by atoms with Crippen LogP contribution in [0.1, 0.15) is 18.1 Å². The van der Waals surface area contributed by atoms with Gasteiger partial charge in [0.1, 0.15) is 11.6 Å². The highest BCUT2D eigenvalue weighted by atomic mass is 35.5. The van der Waals surface area contributed by atoms with Gasteiger partial charge in [-0.1, -0.05) is 11.6 Å². The van der Waals surface area contributed by atoms with E-state index in [0.717, 1.165) is 10.6 Å². The molecular weight excluding hydrogens is 350 g/mol. The van der Waals surface area contributed by atoms with Gasteiger partial charge < -0.3 is 5.11 Å². The van der Waals surface area contributed by atoms with E-state index >= 15 is 0 Å². The first-order valence-corrected chi connectivity index (χ1v) is 7.41. The zero-order valence-corrected chi connectivity index (χ0v) is 14.0. The number of pyridine rings is 1. The van der Waals surface area contributed by atoms with Crippen molar-refractivity contribution in [2.24, 2.45) is 10.2 Å². The molecule has 0 saturated carbocycles. The van der Waals surface area contributed by atoms with Gasteiger partial charge in [-0.15, -0.1) is 10.2 Å². The summed E-state index contributed by atoms with van der Waals surface area (Å²) >= 11 is 5.73. The van der Waals surface area contributed by atoms with Gasteiger partial charge in [-0.2, -0.15) is 5.26 Å². The fourth-order valence-electron chi connectivity index (χ4n) is 2.18. The summed E-state index contributed by atoms with van der Waals surface area (Å²) in [6, 6.07) is 5.60. The summed E-state index contributed by atoms with van der Waals surface area (Å²) in [7, 11) is 0.